The smallest absolute Gasteiger partial charge is 0.152 e. The fourth-order valence-electron chi connectivity index (χ4n) is 0.880. The maximum Gasteiger partial charge on any atom is 0.152 e. The van der Waals surface area contributed by atoms with E-state index in [1.807, 2.05) is 0 Å². The van der Waals surface area contributed by atoms with Crippen LogP contribution in [0.4, 0.5) is 0 Å². The average molecular weight is 191 g/mol. The fraction of sp³-hybridized carbons (Fsp3) is 0.364. The number of aryl methyl sites for hydroxylation is 1. The highest BCUT2D eigenvalue weighted by molar-refractivity contribution is 5.47. The molecule has 0 radical (unpaired) electrons. The van der Waals surface area contributed by atoms with Gasteiger partial charge in [-0.25, -0.2) is 0 Å². The molecule has 1 rings (SSSR count). The minimum Gasteiger partial charge on any atom is -0.505 e. The van der Waals surface area contributed by atoms with Crippen LogP contribution in [-0.2, 0) is 0 Å². The lowest BCUT2D eigenvalue weighted by Crippen LogP contribution is -2.14. The molecule has 3 heteroatoms. The molecule has 2 N–H and O–H groups in total. The molecule has 0 bridgehead atoms. The van der Waals surface area contributed by atoms with Crippen molar-refractivity contribution >= 4 is 0 Å². The zero-order valence-electron chi connectivity index (χ0n) is 8.50. The second kappa shape index (κ2) is 3.69. The Morgan fingerprint density at radius 3 is 2.64 bits per heavy atom. The molecule has 1 aromatic heterocycles. The van der Waals surface area contributed by atoms with Crippen molar-refractivity contribution in [1.82, 2.24) is 4.98 Å². The summed E-state index contributed by atoms with van der Waals surface area (Å²) in [7, 11) is 0. The average Bonchev–Trinajstić information content (AvgIpc) is 2.06. The molecule has 0 fully saturated rings. The maximum atomic E-state index is 9.55. The topological polar surface area (TPSA) is 53.4 Å². The third-order valence-corrected chi connectivity index (χ3v) is 1.61. The van der Waals surface area contributed by atoms with Gasteiger partial charge in [-0.1, -0.05) is 11.8 Å². The highest BCUT2D eigenvalue weighted by atomic mass is 16.3. The zero-order chi connectivity index (χ0) is 10.8. The molecule has 0 amide bonds. The lowest BCUT2D eigenvalue weighted by molar-refractivity contribution is 0.143. The molecule has 0 atom stereocenters. The molecule has 14 heavy (non-hydrogen) atoms. The molecule has 0 unspecified atom stereocenters. The molecule has 1 aromatic rings. The van der Waals surface area contributed by atoms with E-state index in [-0.39, 0.29) is 5.75 Å². The van der Waals surface area contributed by atoms with Gasteiger partial charge in [-0.3, -0.25) is 4.98 Å². The second-order valence-electron chi connectivity index (χ2n) is 3.60. The number of hydrogen-bond donors (Lipinski definition) is 2. The molecular formula is C11H13NO2. The Bertz CT molecular complexity index is 394. The summed E-state index contributed by atoms with van der Waals surface area (Å²) in [6, 6.07) is 1.61. The number of rotatable bonds is 0. The van der Waals surface area contributed by atoms with E-state index in [1.54, 1.807) is 33.0 Å². The van der Waals surface area contributed by atoms with Crippen molar-refractivity contribution in [2.24, 2.45) is 0 Å². The maximum absolute atomic E-state index is 9.55. The van der Waals surface area contributed by atoms with Gasteiger partial charge >= 0.3 is 0 Å². The van der Waals surface area contributed by atoms with E-state index in [1.165, 1.54) is 0 Å². The van der Waals surface area contributed by atoms with Crippen LogP contribution in [0.5, 0.6) is 5.75 Å². The van der Waals surface area contributed by atoms with Gasteiger partial charge in [0.1, 0.15) is 5.60 Å². The Balaban J connectivity index is 3.08. The van der Waals surface area contributed by atoms with Crippen LogP contribution in [0, 0.1) is 18.8 Å². The van der Waals surface area contributed by atoms with Gasteiger partial charge in [0.15, 0.2) is 5.75 Å². The number of aromatic nitrogens is 1. The molecule has 74 valence electrons. The summed E-state index contributed by atoms with van der Waals surface area (Å²) in [6.45, 7) is 4.88. The van der Waals surface area contributed by atoms with Gasteiger partial charge in [0.2, 0.25) is 0 Å². The van der Waals surface area contributed by atoms with Crippen molar-refractivity contribution < 1.29 is 10.2 Å². The van der Waals surface area contributed by atoms with Gasteiger partial charge in [0.05, 0.1) is 11.3 Å². The largest absolute Gasteiger partial charge is 0.505 e. The molecule has 0 aliphatic heterocycles. The zero-order valence-corrected chi connectivity index (χ0v) is 8.50. The first-order valence-corrected chi connectivity index (χ1v) is 4.30. The van der Waals surface area contributed by atoms with E-state index in [4.69, 9.17) is 0 Å². The van der Waals surface area contributed by atoms with Crippen molar-refractivity contribution in [2.45, 2.75) is 26.4 Å². The van der Waals surface area contributed by atoms with Crippen LogP contribution in [0.1, 0.15) is 25.1 Å². The summed E-state index contributed by atoms with van der Waals surface area (Å²) in [5.41, 5.74) is -0.0314. The van der Waals surface area contributed by atoms with Crippen LogP contribution >= 0.6 is 0 Å². The Hall–Kier alpha value is -1.53. The lowest BCUT2D eigenvalue weighted by atomic mass is 10.1. The van der Waals surface area contributed by atoms with E-state index >= 15 is 0 Å². The van der Waals surface area contributed by atoms with Gasteiger partial charge in [-0.2, -0.15) is 0 Å². The summed E-state index contributed by atoms with van der Waals surface area (Å²) in [4.78, 5) is 3.90. The number of nitrogens with zero attached hydrogens (tertiary/aromatic N) is 1. The number of aromatic hydroxyl groups is 1. The van der Waals surface area contributed by atoms with Crippen LogP contribution in [0.3, 0.4) is 0 Å². The third-order valence-electron chi connectivity index (χ3n) is 1.61. The van der Waals surface area contributed by atoms with Gasteiger partial charge in [-0.05, 0) is 26.8 Å². The monoisotopic (exact) mass is 191 g/mol. The van der Waals surface area contributed by atoms with Gasteiger partial charge in [-0.15, -0.1) is 0 Å². The van der Waals surface area contributed by atoms with Crippen LogP contribution < -0.4 is 0 Å². The predicted octanol–water partition coefficient (Wildman–Crippen LogP) is 1.22. The Kier molecular flexibility index (Phi) is 2.78. The highest BCUT2D eigenvalue weighted by Crippen LogP contribution is 2.17. The molecule has 0 spiro atoms. The summed E-state index contributed by atoms with van der Waals surface area (Å²) in [6.07, 6.45) is 1.57. The van der Waals surface area contributed by atoms with Crippen molar-refractivity contribution in [3.8, 4) is 17.6 Å². The van der Waals surface area contributed by atoms with E-state index in [0.717, 1.165) is 0 Å². The first kappa shape index (κ1) is 10.6. The molecule has 3 nitrogen and oxygen atoms in total. The van der Waals surface area contributed by atoms with Crippen molar-refractivity contribution in [1.29, 1.82) is 0 Å². The van der Waals surface area contributed by atoms with Crippen LogP contribution in [-0.4, -0.2) is 20.8 Å². The standard InChI is InChI=1S/C11H13NO2/c1-8-10(13)9(5-7-12-8)4-6-11(2,3)14/h5,7,13-14H,1-3H3. The quantitative estimate of drug-likeness (QED) is 0.606. The van der Waals surface area contributed by atoms with Gasteiger partial charge < -0.3 is 10.2 Å². The van der Waals surface area contributed by atoms with Crippen LogP contribution in [0.2, 0.25) is 0 Å². The Morgan fingerprint density at radius 1 is 1.43 bits per heavy atom. The van der Waals surface area contributed by atoms with E-state index in [2.05, 4.69) is 16.8 Å². The number of hydrogen-bond acceptors (Lipinski definition) is 3. The van der Waals surface area contributed by atoms with E-state index in [0.29, 0.717) is 11.3 Å². The minimum atomic E-state index is -1.05. The van der Waals surface area contributed by atoms with Crippen molar-refractivity contribution in [3.63, 3.8) is 0 Å². The normalized spacial score (nSPS) is 10.6. The summed E-state index contributed by atoms with van der Waals surface area (Å²) in [5, 5.41) is 18.9. The minimum absolute atomic E-state index is 0.0734. The number of pyridine rings is 1. The summed E-state index contributed by atoms with van der Waals surface area (Å²) >= 11 is 0. The first-order chi connectivity index (χ1) is 6.40. The van der Waals surface area contributed by atoms with Crippen molar-refractivity contribution in [2.75, 3.05) is 0 Å². The summed E-state index contributed by atoms with van der Waals surface area (Å²) in [5.74, 6) is 5.40. The summed E-state index contributed by atoms with van der Waals surface area (Å²) < 4.78 is 0. The molecule has 0 aliphatic carbocycles. The van der Waals surface area contributed by atoms with Gasteiger partial charge in [0.25, 0.3) is 0 Å². The SMILES string of the molecule is Cc1nccc(C#CC(C)(C)O)c1O. The van der Waals surface area contributed by atoms with Crippen LogP contribution in [0.25, 0.3) is 0 Å². The third kappa shape index (κ3) is 2.75. The molecule has 1 heterocycles. The molecule has 0 saturated carbocycles. The van der Waals surface area contributed by atoms with E-state index in [9.17, 15) is 10.2 Å². The van der Waals surface area contributed by atoms with Crippen molar-refractivity contribution in [3.05, 3.63) is 23.5 Å². The molecule has 0 aromatic carbocycles. The number of aliphatic hydroxyl groups is 1. The molecular weight excluding hydrogens is 178 g/mol. The lowest BCUT2D eigenvalue weighted by Gasteiger charge is -2.06. The van der Waals surface area contributed by atoms with Gasteiger partial charge in [0, 0.05) is 6.20 Å². The molecule has 0 aliphatic rings. The Morgan fingerprint density at radius 2 is 2.07 bits per heavy atom. The predicted molar refractivity (Wildman–Crippen MR) is 53.8 cm³/mol. The molecule has 0 saturated heterocycles. The second-order valence-corrected chi connectivity index (χ2v) is 3.60. The van der Waals surface area contributed by atoms with E-state index < -0.39 is 5.60 Å². The fourth-order valence-corrected chi connectivity index (χ4v) is 0.880. The highest BCUT2D eigenvalue weighted by Gasteiger charge is 2.07. The van der Waals surface area contributed by atoms with Crippen LogP contribution in [0.15, 0.2) is 12.3 Å². The Labute approximate surface area is 83.4 Å². The first-order valence-electron chi connectivity index (χ1n) is 4.30.